The number of amides is 3. The summed E-state index contributed by atoms with van der Waals surface area (Å²) in [5, 5.41) is 13.6. The number of carbonyl (C=O) groups excluding carboxylic acids is 4. The number of esters is 1. The number of rotatable bonds is 17. The number of aliphatic hydroxyl groups excluding tert-OH is 1. The molecule has 0 saturated carbocycles. The van der Waals surface area contributed by atoms with Gasteiger partial charge in [0.1, 0.15) is 17.7 Å². The third-order valence-corrected chi connectivity index (χ3v) is 10.3. The number of carbonyl (C=O) groups is 4. The molecule has 3 heterocycles. The fraction of sp³-hybridized carbons (Fsp3) is 0.487. The van der Waals surface area contributed by atoms with Crippen LogP contribution in [0.3, 0.4) is 0 Å². The van der Waals surface area contributed by atoms with Crippen molar-refractivity contribution in [3.63, 3.8) is 0 Å². The highest BCUT2D eigenvalue weighted by molar-refractivity contribution is 6.05. The van der Waals surface area contributed by atoms with Crippen molar-refractivity contribution in [2.75, 3.05) is 42.6 Å². The zero-order chi connectivity index (χ0) is 36.0. The third kappa shape index (κ3) is 6.93. The van der Waals surface area contributed by atoms with E-state index in [2.05, 4.69) is 37.2 Å². The van der Waals surface area contributed by atoms with Gasteiger partial charge in [-0.1, -0.05) is 42.5 Å². The minimum atomic E-state index is -1.31. The topological polar surface area (TPSA) is 129 Å². The first-order chi connectivity index (χ1) is 24.1. The first-order valence-corrected chi connectivity index (χ1v) is 17.7. The number of fused-ring (bicyclic) bond motifs is 1. The average Bonchev–Trinajstić information content (AvgIpc) is 3.78. The van der Waals surface area contributed by atoms with Crippen molar-refractivity contribution >= 4 is 35.1 Å². The van der Waals surface area contributed by atoms with E-state index in [0.29, 0.717) is 30.5 Å². The Hall–Kier alpha value is -4.48. The second kappa shape index (κ2) is 16.0. The molecule has 0 aromatic heterocycles. The molecule has 3 fully saturated rings. The van der Waals surface area contributed by atoms with E-state index in [9.17, 15) is 19.5 Å². The number of likely N-dealkylation sites (tertiary alicyclic amines) is 1. The van der Waals surface area contributed by atoms with Crippen molar-refractivity contribution in [1.82, 2.24) is 10.2 Å². The Labute approximate surface area is 294 Å². The zero-order valence-corrected chi connectivity index (χ0v) is 29.3. The van der Waals surface area contributed by atoms with Gasteiger partial charge in [-0.15, -0.1) is 13.2 Å². The Morgan fingerprint density at radius 3 is 2.38 bits per heavy atom. The maximum absolute atomic E-state index is 15.0. The molecule has 3 saturated heterocycles. The Morgan fingerprint density at radius 1 is 1.08 bits per heavy atom. The van der Waals surface area contributed by atoms with Gasteiger partial charge in [0, 0.05) is 37.4 Å². The summed E-state index contributed by atoms with van der Waals surface area (Å²) in [5.41, 5.74) is 1.000. The van der Waals surface area contributed by atoms with E-state index in [4.69, 9.17) is 9.47 Å². The van der Waals surface area contributed by atoms with E-state index in [1.165, 1.54) is 4.90 Å². The van der Waals surface area contributed by atoms with Gasteiger partial charge in [0.2, 0.25) is 11.8 Å². The first kappa shape index (κ1) is 36.8. The van der Waals surface area contributed by atoms with Crippen LogP contribution in [-0.2, 0) is 28.7 Å². The fourth-order valence-electron chi connectivity index (χ4n) is 7.93. The van der Waals surface area contributed by atoms with Crippen LogP contribution in [0.25, 0.3) is 0 Å². The Kier molecular flexibility index (Phi) is 11.8. The molecule has 2 aromatic rings. The number of hydrogen-bond donors (Lipinski definition) is 2. The van der Waals surface area contributed by atoms with Crippen molar-refractivity contribution in [3.8, 4) is 0 Å². The summed E-state index contributed by atoms with van der Waals surface area (Å²) in [4.78, 5) is 61.0. The van der Waals surface area contributed by atoms with Crippen LogP contribution in [0.4, 0.5) is 11.4 Å². The van der Waals surface area contributed by atoms with Crippen LogP contribution in [-0.4, -0.2) is 90.3 Å². The lowest BCUT2D eigenvalue weighted by molar-refractivity contribution is -0.159. The van der Waals surface area contributed by atoms with Crippen LogP contribution >= 0.6 is 0 Å². The number of benzene rings is 2. The SMILES string of the molecule is C=CCCC(=O)NC[C@@H](C)OC(=O)[C@@H]1[C@@H]2CC[C@]3(O2)[C@H](C(=O)N(CC=C)c2ccc(N(CC)CC)cc2)N([C@H](CO)c2ccccc2)C(=O)[C@@H]13. The van der Waals surface area contributed by atoms with Gasteiger partial charge in [-0.25, -0.2) is 0 Å². The lowest BCUT2D eigenvalue weighted by atomic mass is 9.70. The molecule has 268 valence electrons. The minimum absolute atomic E-state index is 0.112. The summed E-state index contributed by atoms with van der Waals surface area (Å²) in [7, 11) is 0. The van der Waals surface area contributed by atoms with Gasteiger partial charge in [-0.3, -0.25) is 19.2 Å². The molecule has 3 aliphatic heterocycles. The highest BCUT2D eigenvalue weighted by Crippen LogP contribution is 2.60. The van der Waals surface area contributed by atoms with Gasteiger partial charge >= 0.3 is 5.97 Å². The molecule has 3 amide bonds. The summed E-state index contributed by atoms with van der Waals surface area (Å²) in [6.07, 6.45) is 3.68. The molecule has 0 unspecified atom stereocenters. The molecule has 0 aliphatic carbocycles. The van der Waals surface area contributed by atoms with E-state index < -0.39 is 60.2 Å². The van der Waals surface area contributed by atoms with E-state index in [1.54, 1.807) is 24.0 Å². The number of ether oxygens (including phenoxy) is 2. The molecular weight excluding hydrogens is 636 g/mol. The third-order valence-electron chi connectivity index (χ3n) is 10.3. The lowest BCUT2D eigenvalue weighted by Gasteiger charge is -2.39. The average molecular weight is 687 g/mol. The predicted octanol–water partition coefficient (Wildman–Crippen LogP) is 4.17. The van der Waals surface area contributed by atoms with E-state index >= 15 is 4.79 Å². The molecule has 50 heavy (non-hydrogen) atoms. The van der Waals surface area contributed by atoms with Gasteiger partial charge in [0.15, 0.2) is 0 Å². The fourth-order valence-corrected chi connectivity index (χ4v) is 7.93. The highest BCUT2D eigenvalue weighted by Gasteiger charge is 2.75. The van der Waals surface area contributed by atoms with Crippen LogP contribution in [0, 0.1) is 11.8 Å². The zero-order valence-electron chi connectivity index (χ0n) is 29.3. The van der Waals surface area contributed by atoms with Gasteiger partial charge in [-0.2, -0.15) is 0 Å². The van der Waals surface area contributed by atoms with Crippen molar-refractivity contribution in [1.29, 1.82) is 0 Å². The summed E-state index contributed by atoms with van der Waals surface area (Å²) < 4.78 is 12.5. The predicted molar refractivity (Wildman–Crippen MR) is 191 cm³/mol. The minimum Gasteiger partial charge on any atom is -0.460 e. The van der Waals surface area contributed by atoms with Crippen LogP contribution in [0.2, 0.25) is 0 Å². The molecule has 1 spiro atoms. The van der Waals surface area contributed by atoms with Gasteiger partial charge in [0.25, 0.3) is 5.91 Å². The summed E-state index contributed by atoms with van der Waals surface area (Å²) in [5.74, 6) is -3.55. The first-order valence-electron chi connectivity index (χ1n) is 17.7. The highest BCUT2D eigenvalue weighted by atomic mass is 16.6. The quantitative estimate of drug-likeness (QED) is 0.188. The second-order valence-corrected chi connectivity index (χ2v) is 13.2. The largest absolute Gasteiger partial charge is 0.460 e. The molecule has 11 heteroatoms. The number of aliphatic hydroxyl groups is 1. The number of hydrogen-bond acceptors (Lipinski definition) is 8. The molecule has 7 atom stereocenters. The van der Waals surface area contributed by atoms with E-state index in [-0.39, 0.29) is 31.3 Å². The van der Waals surface area contributed by atoms with Crippen molar-refractivity contribution in [2.45, 2.75) is 76.3 Å². The number of nitrogens with one attached hydrogen (secondary N) is 1. The molecule has 2 N–H and O–H groups in total. The molecular formula is C39H50N4O7. The molecule has 3 aliphatic rings. The van der Waals surface area contributed by atoms with Crippen LogP contribution in [0.1, 0.15) is 58.1 Å². The monoisotopic (exact) mass is 686 g/mol. The Morgan fingerprint density at radius 2 is 1.76 bits per heavy atom. The maximum Gasteiger partial charge on any atom is 0.312 e. The number of allylic oxidation sites excluding steroid dienone is 1. The van der Waals surface area contributed by atoms with Crippen molar-refractivity contribution in [3.05, 3.63) is 85.5 Å². The lowest BCUT2D eigenvalue weighted by Crippen LogP contribution is -2.57. The second-order valence-electron chi connectivity index (χ2n) is 13.2. The van der Waals surface area contributed by atoms with Gasteiger partial charge in [-0.05, 0) is 69.9 Å². The molecule has 2 aromatic carbocycles. The molecule has 0 radical (unpaired) electrons. The summed E-state index contributed by atoms with van der Waals surface area (Å²) in [6, 6.07) is 14.8. The molecule has 5 rings (SSSR count). The van der Waals surface area contributed by atoms with Crippen molar-refractivity contribution in [2.24, 2.45) is 11.8 Å². The van der Waals surface area contributed by atoms with Crippen LogP contribution in [0.15, 0.2) is 79.9 Å². The standard InChI is InChI=1S/C39H50N4O7/c1-6-10-16-32(45)40-24-26(5)49-38(48)33-31-21-22-39(50-31)34(33)36(46)43(30(25-44)27-14-12-11-13-15-27)35(39)37(47)42(23-7-2)29-19-17-28(18-20-29)41(8-3)9-4/h6-7,11-15,17-20,26,30-31,33-35,44H,1-2,8-10,16,21-25H2,3-5H3,(H,40,45)/t26-,30-,31+,33-,34-,35+,39-/m1/s1. The van der Waals surface area contributed by atoms with Crippen LogP contribution in [0.5, 0.6) is 0 Å². The molecule has 11 nitrogen and oxygen atoms in total. The van der Waals surface area contributed by atoms with Crippen molar-refractivity contribution < 1.29 is 33.8 Å². The summed E-state index contributed by atoms with van der Waals surface area (Å²) >= 11 is 0. The number of nitrogens with zero attached hydrogens (tertiary/aromatic N) is 3. The van der Waals surface area contributed by atoms with Crippen LogP contribution < -0.4 is 15.1 Å². The normalized spacial score (nSPS) is 24.6. The van der Waals surface area contributed by atoms with E-state index in [1.807, 2.05) is 54.6 Å². The Balaban J connectivity index is 1.50. The Bertz CT molecular complexity index is 1550. The van der Waals surface area contributed by atoms with E-state index in [0.717, 1.165) is 18.8 Å². The van der Waals surface area contributed by atoms with Gasteiger partial charge < -0.3 is 34.6 Å². The smallest absolute Gasteiger partial charge is 0.312 e. The molecule has 2 bridgehead atoms. The van der Waals surface area contributed by atoms with Gasteiger partial charge in [0.05, 0.1) is 37.1 Å². The number of anilines is 2. The summed E-state index contributed by atoms with van der Waals surface area (Å²) in [6.45, 7) is 14.9. The maximum atomic E-state index is 15.0.